The maximum Gasteiger partial charge on any atom is 0.0639 e. The van der Waals surface area contributed by atoms with Gasteiger partial charge in [0.15, 0.2) is 0 Å². The van der Waals surface area contributed by atoms with Gasteiger partial charge in [-0.05, 0) is 42.8 Å². The molecule has 3 nitrogen and oxygen atoms in total. The Bertz CT molecular complexity index is 287. The zero-order chi connectivity index (χ0) is 12.1. The van der Waals surface area contributed by atoms with Crippen LogP contribution < -0.4 is 5.73 Å². The van der Waals surface area contributed by atoms with Crippen LogP contribution in [0.25, 0.3) is 0 Å². The van der Waals surface area contributed by atoms with Gasteiger partial charge in [0, 0.05) is 12.6 Å². The van der Waals surface area contributed by atoms with Crippen molar-refractivity contribution in [3.63, 3.8) is 0 Å². The number of aliphatic hydroxyl groups is 1. The molecule has 0 aliphatic rings. The van der Waals surface area contributed by atoms with Gasteiger partial charge in [0.05, 0.1) is 12.1 Å². The minimum Gasteiger partial charge on any atom is -0.392 e. The van der Waals surface area contributed by atoms with Gasteiger partial charge in [-0.3, -0.25) is 4.90 Å². The highest BCUT2D eigenvalue weighted by atomic mass is 32.1. The van der Waals surface area contributed by atoms with Crippen LogP contribution in [0.2, 0.25) is 0 Å². The van der Waals surface area contributed by atoms with Gasteiger partial charge in [0.25, 0.3) is 0 Å². The monoisotopic (exact) mass is 242 g/mol. The molecule has 0 fully saturated rings. The molecule has 1 aromatic rings. The third kappa shape index (κ3) is 3.56. The van der Waals surface area contributed by atoms with E-state index in [2.05, 4.69) is 28.7 Å². The smallest absolute Gasteiger partial charge is 0.0639 e. The molecule has 1 heterocycles. The molecule has 1 rings (SSSR count). The van der Waals surface area contributed by atoms with Crippen molar-refractivity contribution in [1.29, 1.82) is 0 Å². The zero-order valence-corrected chi connectivity index (χ0v) is 11.1. The summed E-state index contributed by atoms with van der Waals surface area (Å²) >= 11 is 1.69. The van der Waals surface area contributed by atoms with Crippen molar-refractivity contribution in [3.8, 4) is 0 Å². The second kappa shape index (κ2) is 6.35. The van der Waals surface area contributed by atoms with E-state index < -0.39 is 0 Å². The SMILES string of the molecule is CCC(N)C(c1ccsc1)N(C)CC(C)O. The van der Waals surface area contributed by atoms with Gasteiger partial charge in [-0.1, -0.05) is 6.92 Å². The summed E-state index contributed by atoms with van der Waals surface area (Å²) in [5.41, 5.74) is 7.42. The minimum absolute atomic E-state index is 0.110. The Balaban J connectivity index is 2.79. The lowest BCUT2D eigenvalue weighted by Gasteiger charge is -2.32. The van der Waals surface area contributed by atoms with Crippen molar-refractivity contribution in [3.05, 3.63) is 22.4 Å². The highest BCUT2D eigenvalue weighted by molar-refractivity contribution is 7.07. The zero-order valence-electron chi connectivity index (χ0n) is 10.3. The van der Waals surface area contributed by atoms with E-state index >= 15 is 0 Å². The molecular weight excluding hydrogens is 220 g/mol. The first-order valence-electron chi connectivity index (χ1n) is 5.72. The number of aliphatic hydroxyl groups excluding tert-OH is 1. The maximum absolute atomic E-state index is 9.44. The summed E-state index contributed by atoms with van der Waals surface area (Å²) in [5.74, 6) is 0. The average molecular weight is 242 g/mol. The molecule has 0 aliphatic carbocycles. The fourth-order valence-electron chi connectivity index (χ4n) is 2.03. The van der Waals surface area contributed by atoms with E-state index in [0.717, 1.165) is 6.42 Å². The third-order valence-electron chi connectivity index (χ3n) is 2.79. The van der Waals surface area contributed by atoms with Crippen molar-refractivity contribution in [2.45, 2.75) is 38.5 Å². The van der Waals surface area contributed by atoms with Gasteiger partial charge in [-0.15, -0.1) is 0 Å². The quantitative estimate of drug-likeness (QED) is 0.800. The van der Waals surface area contributed by atoms with E-state index in [-0.39, 0.29) is 18.2 Å². The predicted octanol–water partition coefficient (Wildman–Crippen LogP) is 1.84. The normalized spacial score (nSPS) is 17.4. The largest absolute Gasteiger partial charge is 0.392 e. The molecule has 0 saturated carbocycles. The Hall–Kier alpha value is -0.420. The van der Waals surface area contributed by atoms with Gasteiger partial charge in [0.2, 0.25) is 0 Å². The molecule has 0 radical (unpaired) electrons. The number of nitrogens with zero attached hydrogens (tertiary/aromatic N) is 1. The Morgan fingerprint density at radius 2 is 2.25 bits per heavy atom. The molecule has 0 bridgehead atoms. The molecule has 3 atom stereocenters. The summed E-state index contributed by atoms with van der Waals surface area (Å²) in [6, 6.07) is 2.42. The van der Waals surface area contributed by atoms with Crippen LogP contribution in [-0.4, -0.2) is 35.7 Å². The van der Waals surface area contributed by atoms with E-state index in [1.807, 2.05) is 7.05 Å². The van der Waals surface area contributed by atoms with Crippen molar-refractivity contribution >= 4 is 11.3 Å². The van der Waals surface area contributed by atoms with Crippen molar-refractivity contribution < 1.29 is 5.11 Å². The third-order valence-corrected chi connectivity index (χ3v) is 3.49. The van der Waals surface area contributed by atoms with E-state index in [1.54, 1.807) is 18.3 Å². The lowest BCUT2D eigenvalue weighted by atomic mass is 9.99. The summed E-state index contributed by atoms with van der Waals surface area (Å²) in [6.45, 7) is 4.55. The Labute approximate surface area is 102 Å². The number of rotatable bonds is 6. The lowest BCUT2D eigenvalue weighted by molar-refractivity contribution is 0.107. The lowest BCUT2D eigenvalue weighted by Crippen LogP contribution is -2.41. The molecule has 0 spiro atoms. The molecule has 16 heavy (non-hydrogen) atoms. The molecule has 1 aromatic heterocycles. The second-order valence-electron chi connectivity index (χ2n) is 4.36. The highest BCUT2D eigenvalue weighted by Gasteiger charge is 2.23. The predicted molar refractivity (Wildman–Crippen MR) is 69.6 cm³/mol. The molecular formula is C12H22N2OS. The fourth-order valence-corrected chi connectivity index (χ4v) is 2.71. The number of thiophene rings is 1. The summed E-state index contributed by atoms with van der Waals surface area (Å²) < 4.78 is 0. The second-order valence-corrected chi connectivity index (χ2v) is 5.14. The molecule has 0 amide bonds. The summed E-state index contributed by atoms with van der Waals surface area (Å²) in [4.78, 5) is 2.14. The van der Waals surface area contributed by atoms with Crippen LogP contribution in [0.3, 0.4) is 0 Å². The van der Waals surface area contributed by atoms with Crippen LogP contribution >= 0.6 is 11.3 Å². The molecule has 92 valence electrons. The Morgan fingerprint density at radius 3 is 2.69 bits per heavy atom. The van der Waals surface area contributed by atoms with Gasteiger partial charge in [-0.25, -0.2) is 0 Å². The number of nitrogens with two attached hydrogens (primary N) is 1. The Morgan fingerprint density at radius 1 is 1.56 bits per heavy atom. The topological polar surface area (TPSA) is 49.5 Å². The van der Waals surface area contributed by atoms with Crippen molar-refractivity contribution in [2.75, 3.05) is 13.6 Å². The van der Waals surface area contributed by atoms with Crippen LogP contribution in [0.1, 0.15) is 31.9 Å². The standard InChI is InChI=1S/C12H22N2OS/c1-4-11(13)12(10-5-6-16-8-10)14(3)7-9(2)15/h5-6,8-9,11-12,15H,4,7,13H2,1-3H3. The fraction of sp³-hybridized carbons (Fsp3) is 0.667. The first-order valence-corrected chi connectivity index (χ1v) is 6.66. The van der Waals surface area contributed by atoms with Gasteiger partial charge in [0.1, 0.15) is 0 Å². The average Bonchev–Trinajstić information content (AvgIpc) is 2.69. The highest BCUT2D eigenvalue weighted by Crippen LogP contribution is 2.25. The van der Waals surface area contributed by atoms with Crippen molar-refractivity contribution in [1.82, 2.24) is 4.90 Å². The van der Waals surface area contributed by atoms with Crippen LogP contribution in [0, 0.1) is 0 Å². The first kappa shape index (κ1) is 13.6. The first-order chi connectivity index (χ1) is 7.56. The number of hydrogen-bond acceptors (Lipinski definition) is 4. The summed E-state index contributed by atoms with van der Waals surface area (Å²) in [7, 11) is 2.02. The van der Waals surface area contributed by atoms with E-state index in [4.69, 9.17) is 5.73 Å². The van der Waals surface area contributed by atoms with E-state index in [0.29, 0.717) is 6.54 Å². The van der Waals surface area contributed by atoms with E-state index in [9.17, 15) is 5.11 Å². The van der Waals surface area contributed by atoms with E-state index in [1.165, 1.54) is 5.56 Å². The Kier molecular flexibility index (Phi) is 5.41. The van der Waals surface area contributed by atoms with Crippen molar-refractivity contribution in [2.24, 2.45) is 5.73 Å². The molecule has 0 saturated heterocycles. The molecule has 0 aromatic carbocycles. The van der Waals surface area contributed by atoms with Gasteiger partial charge in [-0.2, -0.15) is 11.3 Å². The van der Waals surface area contributed by atoms with Crippen LogP contribution in [0.4, 0.5) is 0 Å². The van der Waals surface area contributed by atoms with Crippen LogP contribution in [0.15, 0.2) is 16.8 Å². The molecule has 4 heteroatoms. The molecule has 3 N–H and O–H groups in total. The van der Waals surface area contributed by atoms with Crippen LogP contribution in [0.5, 0.6) is 0 Å². The maximum atomic E-state index is 9.44. The minimum atomic E-state index is -0.324. The molecule has 3 unspecified atom stereocenters. The van der Waals surface area contributed by atoms with Crippen LogP contribution in [-0.2, 0) is 0 Å². The van der Waals surface area contributed by atoms with Gasteiger partial charge >= 0.3 is 0 Å². The van der Waals surface area contributed by atoms with Gasteiger partial charge < -0.3 is 10.8 Å². The summed E-state index contributed by atoms with van der Waals surface area (Å²) in [5, 5.41) is 13.7. The summed E-state index contributed by atoms with van der Waals surface area (Å²) in [6.07, 6.45) is 0.611. The number of likely N-dealkylation sites (N-methyl/N-ethyl adjacent to an activating group) is 1. The molecule has 0 aliphatic heterocycles. The number of hydrogen-bond donors (Lipinski definition) is 2.